The summed E-state index contributed by atoms with van der Waals surface area (Å²) in [6.07, 6.45) is 1.10. The second-order valence-electron chi connectivity index (χ2n) is 6.96. The molecule has 0 N–H and O–H groups in total. The zero-order valence-electron chi connectivity index (χ0n) is 31.7. The van der Waals surface area contributed by atoms with Crippen molar-refractivity contribution in [2.24, 2.45) is 0 Å². The van der Waals surface area contributed by atoms with Gasteiger partial charge in [-0.2, -0.15) is 0 Å². The van der Waals surface area contributed by atoms with Crippen molar-refractivity contribution in [3.8, 4) is 11.1 Å². The van der Waals surface area contributed by atoms with E-state index in [0.717, 1.165) is 6.42 Å². The third-order valence-electron chi connectivity index (χ3n) is 4.71. The summed E-state index contributed by atoms with van der Waals surface area (Å²) in [4.78, 5) is 0. The molecule has 0 saturated carbocycles. The monoisotopic (exact) mass is 611 g/mol. The Hall–Kier alpha value is -3.90. The molecule has 0 radical (unpaired) electrons. The van der Waals surface area contributed by atoms with E-state index in [2.05, 4.69) is 48.5 Å². The van der Waals surface area contributed by atoms with Crippen molar-refractivity contribution >= 4 is 0 Å². The Balaban J connectivity index is -0.000000146. The summed E-state index contributed by atoms with van der Waals surface area (Å²) in [5.41, 5.74) is 5.75. The molecule has 0 spiro atoms. The highest BCUT2D eigenvalue weighted by Crippen LogP contribution is 2.35. The van der Waals surface area contributed by atoms with E-state index < -0.39 is 0 Å². The minimum Gasteiger partial charge on any atom is -0.0683 e. The predicted molar refractivity (Wildman–Crippen MR) is 213 cm³/mol. The van der Waals surface area contributed by atoms with Crippen molar-refractivity contribution in [1.82, 2.24) is 0 Å². The number of fused-ring (bicyclic) bond motifs is 3. The molecule has 0 nitrogen and oxygen atoms in total. The standard InChI is InChI=1S/C13H10.3C6H6.7C2H6/c1-3-7-12-10(5-1)9-11-6-2-4-8-13(11)12;3*1-2-4-6-5-3-1;7*1-2/h1-8H,9H2;3*1-6H;7*1-2H3. The molecule has 0 atom stereocenters. The maximum atomic E-state index is 2.22. The Morgan fingerprint density at radius 3 is 0.556 bits per heavy atom. The molecular weight excluding hydrogens is 540 g/mol. The van der Waals surface area contributed by atoms with Crippen LogP contribution < -0.4 is 0 Å². The number of benzene rings is 5. The summed E-state index contributed by atoms with van der Waals surface area (Å²) in [7, 11) is 0. The van der Waals surface area contributed by atoms with E-state index >= 15 is 0 Å². The highest BCUT2D eigenvalue weighted by molar-refractivity contribution is 5.76. The van der Waals surface area contributed by atoms with E-state index in [0.29, 0.717) is 0 Å². The number of rotatable bonds is 0. The van der Waals surface area contributed by atoms with Crippen LogP contribution in [0.25, 0.3) is 11.1 Å². The summed E-state index contributed by atoms with van der Waals surface area (Å²) < 4.78 is 0. The second-order valence-corrected chi connectivity index (χ2v) is 6.96. The smallest absolute Gasteiger partial charge is 0.00135 e. The average molecular weight is 611 g/mol. The molecule has 5 aromatic rings. The van der Waals surface area contributed by atoms with Gasteiger partial charge in [-0.05, 0) is 28.7 Å². The fourth-order valence-electron chi connectivity index (χ4n) is 3.23. The summed E-state index contributed by atoms with van der Waals surface area (Å²) in [6.45, 7) is 28.0. The lowest BCUT2D eigenvalue weighted by Gasteiger charge is -1.98. The number of hydrogen-bond acceptors (Lipinski definition) is 0. The summed E-state index contributed by atoms with van der Waals surface area (Å²) in [5, 5.41) is 0. The van der Waals surface area contributed by atoms with Gasteiger partial charge in [0.1, 0.15) is 0 Å². The van der Waals surface area contributed by atoms with Gasteiger partial charge in [0.25, 0.3) is 0 Å². The van der Waals surface area contributed by atoms with Crippen LogP contribution in [0.4, 0.5) is 0 Å². The van der Waals surface area contributed by atoms with Gasteiger partial charge in [0, 0.05) is 0 Å². The molecule has 0 bridgehead atoms. The fourth-order valence-corrected chi connectivity index (χ4v) is 3.23. The first-order valence-corrected chi connectivity index (χ1v) is 17.6. The van der Waals surface area contributed by atoms with E-state index in [1.807, 2.05) is 206 Å². The molecule has 45 heavy (non-hydrogen) atoms. The Bertz CT molecular complexity index is 886. The lowest BCUT2D eigenvalue weighted by atomic mass is 10.1. The van der Waals surface area contributed by atoms with Crippen LogP contribution in [0.5, 0.6) is 0 Å². The minimum atomic E-state index is 1.10. The molecule has 1 aliphatic rings. The normalized spacial score (nSPS) is 7.69. The van der Waals surface area contributed by atoms with Gasteiger partial charge < -0.3 is 0 Å². The fraction of sp³-hybridized carbons (Fsp3) is 0.333. The molecule has 6 rings (SSSR count). The van der Waals surface area contributed by atoms with Crippen LogP contribution in [0, 0.1) is 0 Å². The number of hydrogen-bond donors (Lipinski definition) is 0. The largest absolute Gasteiger partial charge is 0.0683 e. The topological polar surface area (TPSA) is 0 Å². The van der Waals surface area contributed by atoms with Crippen molar-refractivity contribution in [2.75, 3.05) is 0 Å². The van der Waals surface area contributed by atoms with E-state index in [1.165, 1.54) is 22.3 Å². The lowest BCUT2D eigenvalue weighted by Crippen LogP contribution is -1.77. The predicted octanol–water partition coefficient (Wildman–Crippen LogP) is 15.5. The van der Waals surface area contributed by atoms with Crippen LogP contribution in [-0.4, -0.2) is 0 Å². The molecule has 0 aromatic heterocycles. The molecule has 0 aliphatic heterocycles. The average Bonchev–Trinajstić information content (AvgIpc) is 3.59. The van der Waals surface area contributed by atoms with Crippen LogP contribution in [0.15, 0.2) is 158 Å². The Morgan fingerprint density at radius 2 is 0.378 bits per heavy atom. The van der Waals surface area contributed by atoms with Gasteiger partial charge >= 0.3 is 0 Å². The zero-order chi connectivity index (χ0) is 35.4. The minimum absolute atomic E-state index is 1.10. The van der Waals surface area contributed by atoms with Crippen molar-refractivity contribution in [1.29, 1.82) is 0 Å². The van der Waals surface area contributed by atoms with Crippen LogP contribution in [-0.2, 0) is 6.42 Å². The maximum absolute atomic E-state index is 2.22. The highest BCUT2D eigenvalue weighted by atomic mass is 14.2. The molecule has 0 heteroatoms. The van der Waals surface area contributed by atoms with E-state index in [4.69, 9.17) is 0 Å². The van der Waals surface area contributed by atoms with Crippen LogP contribution in [0.2, 0.25) is 0 Å². The first kappa shape index (κ1) is 50.7. The van der Waals surface area contributed by atoms with Gasteiger partial charge in [0.05, 0.1) is 0 Å². The first-order chi connectivity index (χ1) is 22.4. The third kappa shape index (κ3) is 29.9. The summed E-state index contributed by atoms with van der Waals surface area (Å²) >= 11 is 0. The molecule has 0 amide bonds. The molecule has 0 unspecified atom stereocenters. The van der Waals surface area contributed by atoms with Gasteiger partial charge in [-0.1, -0.05) is 255 Å². The van der Waals surface area contributed by atoms with Gasteiger partial charge in [-0.15, -0.1) is 0 Å². The van der Waals surface area contributed by atoms with Crippen molar-refractivity contribution in [2.45, 2.75) is 103 Å². The van der Waals surface area contributed by atoms with E-state index in [9.17, 15) is 0 Å². The quantitative estimate of drug-likeness (QED) is 0.160. The van der Waals surface area contributed by atoms with Crippen molar-refractivity contribution in [3.63, 3.8) is 0 Å². The first-order valence-electron chi connectivity index (χ1n) is 17.6. The SMILES string of the molecule is CC.CC.CC.CC.CC.CC.CC.c1ccc2c(c1)Cc1ccccc1-2.c1ccccc1.c1ccccc1.c1ccccc1. The highest BCUT2D eigenvalue weighted by Gasteiger charge is 2.15. The summed E-state index contributed by atoms with van der Waals surface area (Å²) in [6, 6.07) is 53.3. The molecule has 250 valence electrons. The second kappa shape index (κ2) is 49.8. The molecule has 1 aliphatic carbocycles. The molecular formula is C45H70. The van der Waals surface area contributed by atoms with Gasteiger partial charge in [0.15, 0.2) is 0 Å². The molecule has 5 aromatic carbocycles. The zero-order valence-corrected chi connectivity index (χ0v) is 31.7. The molecule has 0 fully saturated rings. The lowest BCUT2D eigenvalue weighted by molar-refractivity contribution is 1.26. The van der Waals surface area contributed by atoms with E-state index in [1.54, 1.807) is 0 Å². The summed E-state index contributed by atoms with van der Waals surface area (Å²) in [5.74, 6) is 0. The van der Waals surface area contributed by atoms with Crippen LogP contribution >= 0.6 is 0 Å². The molecule has 0 saturated heterocycles. The maximum Gasteiger partial charge on any atom is -0.00135 e. The van der Waals surface area contributed by atoms with Crippen LogP contribution in [0.3, 0.4) is 0 Å². The van der Waals surface area contributed by atoms with Gasteiger partial charge in [-0.3, -0.25) is 0 Å². The van der Waals surface area contributed by atoms with Crippen molar-refractivity contribution in [3.05, 3.63) is 169 Å². The third-order valence-corrected chi connectivity index (χ3v) is 4.71. The molecule has 0 heterocycles. The van der Waals surface area contributed by atoms with Crippen LogP contribution in [0.1, 0.15) is 108 Å². The van der Waals surface area contributed by atoms with E-state index in [-0.39, 0.29) is 0 Å². The Morgan fingerprint density at radius 1 is 0.222 bits per heavy atom. The van der Waals surface area contributed by atoms with Crippen molar-refractivity contribution < 1.29 is 0 Å². The Kier molecular flexibility index (Phi) is 56.1. The Labute approximate surface area is 282 Å². The van der Waals surface area contributed by atoms with Gasteiger partial charge in [0.2, 0.25) is 0 Å². The van der Waals surface area contributed by atoms with Gasteiger partial charge in [-0.25, -0.2) is 0 Å².